The number of hydrogen-bond donors (Lipinski definition) is 4. The van der Waals surface area contributed by atoms with Crippen LogP contribution in [-0.2, 0) is 28.8 Å². The van der Waals surface area contributed by atoms with Gasteiger partial charge >= 0.3 is 11.9 Å². The summed E-state index contributed by atoms with van der Waals surface area (Å²) in [5.74, 6) is -0.711. The molecule has 2 unspecified atom stereocenters. The van der Waals surface area contributed by atoms with Crippen LogP contribution in [0.5, 0.6) is 5.75 Å². The highest BCUT2D eigenvalue weighted by Crippen LogP contribution is 2.44. The summed E-state index contributed by atoms with van der Waals surface area (Å²) in [6.07, 6.45) is 7.29. The Kier molecular flexibility index (Phi) is 17.0. The van der Waals surface area contributed by atoms with Gasteiger partial charge in [-0.05, 0) is 73.6 Å². The molecule has 2 aliphatic rings. The van der Waals surface area contributed by atoms with Gasteiger partial charge in [0.15, 0.2) is 0 Å². The molecule has 3 rings (SSSR count). The number of unbranched alkanes of at least 4 members (excludes halogenated alkanes) is 1. The van der Waals surface area contributed by atoms with Crippen molar-refractivity contribution in [2.24, 2.45) is 23.7 Å². The highest BCUT2D eigenvalue weighted by atomic mass is 17.1. The lowest BCUT2D eigenvalue weighted by Crippen LogP contribution is -2.43. The van der Waals surface area contributed by atoms with E-state index in [2.05, 4.69) is 17.8 Å². The second kappa shape index (κ2) is 20.9. The first-order valence-electron chi connectivity index (χ1n) is 17.6. The molecular weight excluding hydrogens is 666 g/mol. The standard InChI is InChI=1S/C37H53NO13/c1-5-23(2)37(43)50-34-22-28(40)19-26-11-8-24(3)30(36(26)34)14-12-27(39)20-29(41)21-33(51-46)31-13-9-25(18-32(31)47-4)10-15-35(42)48-16-6-7-17-49-38(44)45/h8-11,13,15,18-19,23-24,27-30,33-34,36,39-41,46H,5-7,12,14,16-17,20-22H2,1-4H3/t23-,24-,27?,28+,29-,30-,33?,34-,36-/m0/s1. The smallest absolute Gasteiger partial charge is 0.330 e. The highest BCUT2D eigenvalue weighted by Gasteiger charge is 2.42. The van der Waals surface area contributed by atoms with Gasteiger partial charge in [-0.1, -0.05) is 51.1 Å². The molecule has 0 fully saturated rings. The van der Waals surface area contributed by atoms with E-state index in [0.29, 0.717) is 55.4 Å². The summed E-state index contributed by atoms with van der Waals surface area (Å²) in [6, 6.07) is 4.93. The molecule has 0 aromatic heterocycles. The number of aliphatic hydroxyl groups is 3. The van der Waals surface area contributed by atoms with Crippen LogP contribution >= 0.6 is 0 Å². The largest absolute Gasteiger partial charge is 0.496 e. The number of nitrogens with zero attached hydrogens (tertiary/aromatic N) is 1. The number of esters is 2. The van der Waals surface area contributed by atoms with Gasteiger partial charge < -0.3 is 34.4 Å². The lowest BCUT2D eigenvalue weighted by Gasteiger charge is -2.43. The third-order valence-electron chi connectivity index (χ3n) is 9.64. The summed E-state index contributed by atoms with van der Waals surface area (Å²) in [4.78, 5) is 43.8. The Morgan fingerprint density at radius 3 is 2.57 bits per heavy atom. The molecule has 0 radical (unpaired) electrons. The molecule has 14 heteroatoms. The van der Waals surface area contributed by atoms with E-state index in [1.807, 2.05) is 26.0 Å². The Morgan fingerprint density at radius 2 is 1.88 bits per heavy atom. The monoisotopic (exact) mass is 719 g/mol. The first-order valence-corrected chi connectivity index (χ1v) is 17.6. The minimum atomic E-state index is -1.03. The van der Waals surface area contributed by atoms with Crippen molar-refractivity contribution in [2.45, 2.75) is 103 Å². The predicted molar refractivity (Wildman–Crippen MR) is 185 cm³/mol. The van der Waals surface area contributed by atoms with E-state index in [4.69, 9.17) is 19.1 Å². The summed E-state index contributed by atoms with van der Waals surface area (Å²) in [5.41, 5.74) is 1.97. The second-order valence-corrected chi connectivity index (χ2v) is 13.4. The lowest BCUT2D eigenvalue weighted by atomic mass is 9.66. The highest BCUT2D eigenvalue weighted by molar-refractivity contribution is 5.87. The van der Waals surface area contributed by atoms with Crippen molar-refractivity contribution in [3.8, 4) is 5.75 Å². The van der Waals surface area contributed by atoms with Crippen LogP contribution in [0.2, 0.25) is 0 Å². The number of methoxy groups -OCH3 is 1. The summed E-state index contributed by atoms with van der Waals surface area (Å²) in [7, 11) is 1.43. The first kappa shape index (κ1) is 41.6. The number of ether oxygens (including phenoxy) is 3. The number of rotatable bonds is 21. The third kappa shape index (κ3) is 13.0. The molecule has 0 heterocycles. The van der Waals surface area contributed by atoms with E-state index in [1.165, 1.54) is 19.3 Å². The first-order chi connectivity index (χ1) is 24.4. The van der Waals surface area contributed by atoms with Crippen LogP contribution in [0.1, 0.15) is 89.4 Å². The van der Waals surface area contributed by atoms with E-state index in [0.717, 1.165) is 5.57 Å². The number of carbonyl (C=O) groups is 2. The van der Waals surface area contributed by atoms with Gasteiger partial charge in [0.05, 0.1) is 44.6 Å². The van der Waals surface area contributed by atoms with Gasteiger partial charge in [0.25, 0.3) is 5.09 Å². The van der Waals surface area contributed by atoms with Gasteiger partial charge in [0, 0.05) is 30.4 Å². The number of allylic oxidation sites excluding steroid dienone is 2. The van der Waals surface area contributed by atoms with E-state index in [1.54, 1.807) is 18.2 Å². The molecule has 14 nitrogen and oxygen atoms in total. The van der Waals surface area contributed by atoms with E-state index < -0.39 is 41.6 Å². The minimum absolute atomic E-state index is 0.0311. The SMILES string of the molecule is CC[C@H](C)C(=O)O[C@H]1C[C@H](O)C=C2C=C[C@H](C)[C@H](CCC(O)C[C@H](O)CC(OO)c3ccc(C=CC(=O)OCCCCO[N+](=O)[O-])cc3OC)[C@H]21. The molecule has 9 atom stereocenters. The van der Waals surface area contributed by atoms with Gasteiger partial charge in [-0.25, -0.2) is 9.68 Å². The Bertz CT molecular complexity index is 1380. The van der Waals surface area contributed by atoms with Gasteiger partial charge in [0.1, 0.15) is 18.0 Å². The third-order valence-corrected chi connectivity index (χ3v) is 9.64. The molecule has 51 heavy (non-hydrogen) atoms. The Labute approximate surface area is 298 Å². The van der Waals surface area contributed by atoms with Crippen LogP contribution in [0.3, 0.4) is 0 Å². The molecule has 0 saturated carbocycles. The normalized spacial score (nSPS) is 23.8. The fourth-order valence-corrected chi connectivity index (χ4v) is 6.63. The molecule has 2 aliphatic carbocycles. The van der Waals surface area contributed by atoms with Crippen molar-refractivity contribution >= 4 is 18.0 Å². The number of carbonyl (C=O) groups excluding carboxylic acids is 2. The summed E-state index contributed by atoms with van der Waals surface area (Å²) < 4.78 is 16.5. The second-order valence-electron chi connectivity index (χ2n) is 13.4. The van der Waals surface area contributed by atoms with Gasteiger partial charge in [-0.2, -0.15) is 0 Å². The predicted octanol–water partition coefficient (Wildman–Crippen LogP) is 5.14. The fraction of sp³-hybridized carbons (Fsp3) is 0.622. The molecule has 0 amide bonds. The maximum absolute atomic E-state index is 12.7. The zero-order valence-corrected chi connectivity index (χ0v) is 29.8. The van der Waals surface area contributed by atoms with Crippen LogP contribution in [0.4, 0.5) is 0 Å². The summed E-state index contributed by atoms with van der Waals surface area (Å²) in [6.45, 7) is 5.84. The van der Waals surface area contributed by atoms with Crippen molar-refractivity contribution < 1.29 is 59.2 Å². The maximum Gasteiger partial charge on any atom is 0.330 e. The van der Waals surface area contributed by atoms with Crippen molar-refractivity contribution in [2.75, 3.05) is 20.3 Å². The van der Waals surface area contributed by atoms with Gasteiger partial charge in [0.2, 0.25) is 0 Å². The molecule has 4 N–H and O–H groups in total. The molecular formula is C37H53NO13. The van der Waals surface area contributed by atoms with Crippen LogP contribution in [0.25, 0.3) is 6.08 Å². The zero-order chi connectivity index (χ0) is 37.5. The Hall–Kier alpha value is -3.82. The lowest BCUT2D eigenvalue weighted by molar-refractivity contribution is -0.757. The molecule has 284 valence electrons. The number of benzene rings is 1. The minimum Gasteiger partial charge on any atom is -0.496 e. The fourth-order valence-electron chi connectivity index (χ4n) is 6.63. The average Bonchev–Trinajstić information content (AvgIpc) is 3.10. The van der Waals surface area contributed by atoms with Crippen molar-refractivity contribution in [3.05, 3.63) is 69.3 Å². The number of aliphatic hydroxyl groups excluding tert-OH is 3. The molecule has 0 saturated heterocycles. The van der Waals surface area contributed by atoms with E-state index in [9.17, 15) is 40.3 Å². The summed E-state index contributed by atoms with van der Waals surface area (Å²) in [5, 5.41) is 51.4. The van der Waals surface area contributed by atoms with Gasteiger partial charge in [-0.15, -0.1) is 10.1 Å². The Morgan fingerprint density at radius 1 is 1.14 bits per heavy atom. The molecule has 1 aromatic rings. The maximum atomic E-state index is 12.7. The van der Waals surface area contributed by atoms with Crippen molar-refractivity contribution in [1.82, 2.24) is 0 Å². The average molecular weight is 720 g/mol. The van der Waals surface area contributed by atoms with Crippen molar-refractivity contribution in [1.29, 1.82) is 0 Å². The van der Waals surface area contributed by atoms with Crippen LogP contribution in [0, 0.1) is 33.8 Å². The Balaban J connectivity index is 1.55. The zero-order valence-electron chi connectivity index (χ0n) is 29.8. The molecule has 0 bridgehead atoms. The molecule has 0 aliphatic heterocycles. The summed E-state index contributed by atoms with van der Waals surface area (Å²) >= 11 is 0. The number of fused-ring (bicyclic) bond motifs is 1. The van der Waals surface area contributed by atoms with Crippen LogP contribution in [0.15, 0.2) is 48.1 Å². The molecule has 0 spiro atoms. The van der Waals surface area contributed by atoms with E-state index >= 15 is 0 Å². The van der Waals surface area contributed by atoms with Gasteiger partial charge in [-0.3, -0.25) is 10.1 Å². The van der Waals surface area contributed by atoms with Crippen molar-refractivity contribution in [3.63, 3.8) is 0 Å². The van der Waals surface area contributed by atoms with Crippen LogP contribution < -0.4 is 4.74 Å². The number of hydrogen-bond acceptors (Lipinski definition) is 13. The quantitative estimate of drug-likeness (QED) is 0.0325. The topological polar surface area (TPSA) is 204 Å². The van der Waals surface area contributed by atoms with Crippen LogP contribution in [-0.4, -0.2) is 82.3 Å². The van der Waals surface area contributed by atoms with E-state index in [-0.39, 0.29) is 55.7 Å². The molecule has 1 aromatic carbocycles.